The highest BCUT2D eigenvalue weighted by molar-refractivity contribution is 7.99. The minimum absolute atomic E-state index is 0.00744. The van der Waals surface area contributed by atoms with Crippen LogP contribution in [0, 0.1) is 6.92 Å². The van der Waals surface area contributed by atoms with Gasteiger partial charge in [-0.15, -0.1) is 0 Å². The van der Waals surface area contributed by atoms with Gasteiger partial charge in [0.1, 0.15) is 11.8 Å². The summed E-state index contributed by atoms with van der Waals surface area (Å²) in [7, 11) is 1.26. The Kier molecular flexibility index (Phi) is 6.74. The average molecular weight is 467 g/mol. The summed E-state index contributed by atoms with van der Waals surface area (Å²) in [5.74, 6) is -0.126. The Labute approximate surface area is 193 Å². The molecule has 170 valence electrons. The second kappa shape index (κ2) is 9.86. The fourth-order valence-corrected chi connectivity index (χ4v) is 4.17. The lowest BCUT2D eigenvalue weighted by atomic mass is 10.0. The van der Waals surface area contributed by atoms with Crippen LogP contribution in [0.1, 0.15) is 35.0 Å². The van der Waals surface area contributed by atoms with Gasteiger partial charge in [-0.1, -0.05) is 41.6 Å². The summed E-state index contributed by atoms with van der Waals surface area (Å²) >= 11 is 1.07. The van der Waals surface area contributed by atoms with E-state index in [0.29, 0.717) is 12.2 Å². The van der Waals surface area contributed by atoms with Crippen LogP contribution < -0.4 is 5.56 Å². The predicted octanol–water partition coefficient (Wildman–Crippen LogP) is 2.86. The van der Waals surface area contributed by atoms with E-state index in [0.717, 1.165) is 28.6 Å². The van der Waals surface area contributed by atoms with Gasteiger partial charge in [-0.3, -0.25) is 14.4 Å². The molecule has 4 rings (SSSR count). The van der Waals surface area contributed by atoms with Crippen LogP contribution in [0.5, 0.6) is 0 Å². The number of hydrogen-bond donors (Lipinski definition) is 1. The van der Waals surface area contributed by atoms with Crippen LogP contribution in [0.2, 0.25) is 0 Å². The van der Waals surface area contributed by atoms with Crippen molar-refractivity contribution in [2.24, 2.45) is 5.10 Å². The molecule has 0 radical (unpaired) electrons. The number of nitrogens with zero attached hydrogens (tertiary/aromatic N) is 3. The highest BCUT2D eigenvalue weighted by Crippen LogP contribution is 2.33. The van der Waals surface area contributed by atoms with Gasteiger partial charge in [-0.25, -0.2) is 9.99 Å². The number of benzene rings is 1. The molecule has 0 saturated carbocycles. The zero-order valence-electron chi connectivity index (χ0n) is 18.1. The number of amides is 1. The van der Waals surface area contributed by atoms with Crippen molar-refractivity contribution < 1.29 is 18.7 Å². The Balaban J connectivity index is 1.52. The number of aromatic amines is 1. The van der Waals surface area contributed by atoms with E-state index in [4.69, 9.17) is 4.42 Å². The third-order valence-electron chi connectivity index (χ3n) is 5.08. The molecular formula is C23H22N4O5S. The molecule has 1 aliphatic heterocycles. The SMILES string of the molecule is COC(=O)Cc1cc(=O)[nH]c(SCC(=O)N2N=C(c3ccc(C)cc3)CC2c2ccco2)n1. The van der Waals surface area contributed by atoms with Crippen LogP contribution in [0.25, 0.3) is 0 Å². The quantitative estimate of drug-likeness (QED) is 0.323. The molecule has 10 heteroatoms. The topological polar surface area (TPSA) is 118 Å². The van der Waals surface area contributed by atoms with Crippen LogP contribution in [0.4, 0.5) is 0 Å². The number of nitrogens with one attached hydrogen (secondary N) is 1. The van der Waals surface area contributed by atoms with E-state index in [1.165, 1.54) is 18.2 Å². The molecule has 9 nitrogen and oxygen atoms in total. The van der Waals surface area contributed by atoms with Gasteiger partial charge >= 0.3 is 5.97 Å². The Morgan fingerprint density at radius 1 is 1.27 bits per heavy atom. The maximum atomic E-state index is 13.1. The molecular weight excluding hydrogens is 444 g/mol. The van der Waals surface area contributed by atoms with Crippen LogP contribution in [-0.2, 0) is 20.7 Å². The second-order valence-corrected chi connectivity index (χ2v) is 8.43. The summed E-state index contributed by atoms with van der Waals surface area (Å²) in [6, 6.07) is 12.4. The molecule has 33 heavy (non-hydrogen) atoms. The molecule has 0 aliphatic carbocycles. The highest BCUT2D eigenvalue weighted by atomic mass is 32.2. The largest absolute Gasteiger partial charge is 0.469 e. The highest BCUT2D eigenvalue weighted by Gasteiger charge is 2.34. The van der Waals surface area contributed by atoms with Crippen molar-refractivity contribution in [1.29, 1.82) is 0 Å². The average Bonchev–Trinajstić information content (AvgIpc) is 3.47. The summed E-state index contributed by atoms with van der Waals surface area (Å²) < 4.78 is 10.2. The normalized spacial score (nSPS) is 15.4. The van der Waals surface area contributed by atoms with Gasteiger partial charge in [0, 0.05) is 12.5 Å². The molecule has 1 N–H and O–H groups in total. The number of aromatic nitrogens is 2. The van der Waals surface area contributed by atoms with Gasteiger partial charge in [0.2, 0.25) is 0 Å². The molecule has 3 heterocycles. The fraction of sp³-hybridized carbons (Fsp3) is 0.261. The van der Waals surface area contributed by atoms with Crippen molar-refractivity contribution in [2.45, 2.75) is 31.0 Å². The number of aryl methyl sites for hydroxylation is 1. The first-order chi connectivity index (χ1) is 15.9. The summed E-state index contributed by atoms with van der Waals surface area (Å²) in [4.78, 5) is 43.4. The van der Waals surface area contributed by atoms with E-state index < -0.39 is 11.5 Å². The second-order valence-electron chi connectivity index (χ2n) is 7.47. The standard InChI is InChI=1S/C23H22N4O5S/c1-14-5-7-15(8-6-14)17-12-18(19-4-3-9-32-19)27(26-17)21(29)13-33-23-24-16(10-20(28)25-23)11-22(30)31-2/h3-10,18H,11-13H2,1-2H3,(H,24,25,28). The van der Waals surface area contributed by atoms with E-state index >= 15 is 0 Å². The first kappa shape index (κ1) is 22.5. The lowest BCUT2D eigenvalue weighted by Gasteiger charge is -2.19. The molecule has 0 fully saturated rings. The van der Waals surface area contributed by atoms with E-state index in [1.54, 1.807) is 12.3 Å². The monoisotopic (exact) mass is 466 g/mol. The summed E-state index contributed by atoms with van der Waals surface area (Å²) in [6.45, 7) is 2.01. The van der Waals surface area contributed by atoms with E-state index in [1.807, 2.05) is 37.3 Å². The van der Waals surface area contributed by atoms with Crippen LogP contribution in [0.15, 0.2) is 68.2 Å². The molecule has 0 saturated heterocycles. The molecule has 1 amide bonds. The Hall–Kier alpha value is -3.66. The van der Waals surface area contributed by atoms with Crippen LogP contribution in [-0.4, -0.2) is 45.4 Å². The molecule has 0 bridgehead atoms. The lowest BCUT2D eigenvalue weighted by Crippen LogP contribution is -2.28. The van der Waals surface area contributed by atoms with Crippen molar-refractivity contribution in [3.8, 4) is 0 Å². The number of H-pyrrole nitrogens is 1. The maximum Gasteiger partial charge on any atom is 0.311 e. The van der Waals surface area contributed by atoms with Gasteiger partial charge in [-0.2, -0.15) is 5.10 Å². The zero-order chi connectivity index (χ0) is 23.4. The summed E-state index contributed by atoms with van der Waals surface area (Å²) in [5, 5.41) is 6.27. The van der Waals surface area contributed by atoms with Crippen molar-refractivity contribution in [1.82, 2.24) is 15.0 Å². The van der Waals surface area contributed by atoms with Crippen LogP contribution >= 0.6 is 11.8 Å². The number of carbonyl (C=O) groups excluding carboxylic acids is 2. The van der Waals surface area contributed by atoms with E-state index in [9.17, 15) is 14.4 Å². The number of esters is 1. The van der Waals surface area contributed by atoms with Crippen LogP contribution in [0.3, 0.4) is 0 Å². The van der Waals surface area contributed by atoms with Gasteiger partial charge < -0.3 is 14.1 Å². The van der Waals surface area contributed by atoms with Gasteiger partial charge in [0.25, 0.3) is 11.5 Å². The first-order valence-electron chi connectivity index (χ1n) is 10.2. The molecule has 2 aromatic heterocycles. The lowest BCUT2D eigenvalue weighted by molar-refractivity contribution is -0.139. The number of hydrogen-bond acceptors (Lipinski definition) is 8. The zero-order valence-corrected chi connectivity index (χ0v) is 18.9. The molecule has 0 spiro atoms. The maximum absolute atomic E-state index is 13.1. The Morgan fingerprint density at radius 2 is 2.06 bits per heavy atom. The predicted molar refractivity (Wildman–Crippen MR) is 122 cm³/mol. The van der Waals surface area contributed by atoms with E-state index in [2.05, 4.69) is 19.8 Å². The third-order valence-corrected chi connectivity index (χ3v) is 5.94. The fourth-order valence-electron chi connectivity index (χ4n) is 3.42. The molecule has 3 aromatic rings. The number of rotatable bonds is 7. The molecule has 1 atom stereocenters. The Bertz CT molecular complexity index is 1230. The molecule has 1 aliphatic rings. The number of carbonyl (C=O) groups is 2. The minimum atomic E-state index is -0.503. The molecule has 1 unspecified atom stereocenters. The number of thioether (sulfide) groups is 1. The van der Waals surface area contributed by atoms with Gasteiger partial charge in [-0.05, 0) is 24.6 Å². The van der Waals surface area contributed by atoms with Gasteiger partial charge in [0.05, 0.1) is 37.0 Å². The molecule has 1 aromatic carbocycles. The van der Waals surface area contributed by atoms with Crippen molar-refractivity contribution in [2.75, 3.05) is 12.9 Å². The number of hydrazone groups is 1. The van der Waals surface area contributed by atoms with Gasteiger partial charge in [0.15, 0.2) is 5.16 Å². The number of methoxy groups -OCH3 is 1. The number of ether oxygens (including phenoxy) is 1. The van der Waals surface area contributed by atoms with Crippen molar-refractivity contribution >= 4 is 29.4 Å². The first-order valence-corrected chi connectivity index (χ1v) is 11.2. The summed E-state index contributed by atoms with van der Waals surface area (Å²) in [5.41, 5.74) is 2.74. The minimum Gasteiger partial charge on any atom is -0.469 e. The number of furan rings is 1. The Morgan fingerprint density at radius 3 is 2.76 bits per heavy atom. The summed E-state index contributed by atoms with van der Waals surface area (Å²) in [6.07, 6.45) is 1.97. The van der Waals surface area contributed by atoms with Crippen molar-refractivity contribution in [3.05, 3.63) is 81.7 Å². The smallest absolute Gasteiger partial charge is 0.311 e. The van der Waals surface area contributed by atoms with E-state index in [-0.39, 0.29) is 35.0 Å². The third kappa shape index (κ3) is 5.40. The van der Waals surface area contributed by atoms with Crippen molar-refractivity contribution in [3.63, 3.8) is 0 Å².